The number of hydrogen-bond acceptors (Lipinski definition) is 6. The molecule has 3 aromatic heterocycles. The molecule has 0 N–H and O–H groups in total. The Morgan fingerprint density at radius 3 is 2.54 bits per heavy atom. The van der Waals surface area contributed by atoms with Gasteiger partial charge in [-0.15, -0.1) is 0 Å². The first kappa shape index (κ1) is 24.8. The Morgan fingerprint density at radius 1 is 0.973 bits per heavy atom. The van der Waals surface area contributed by atoms with Gasteiger partial charge in [0.05, 0.1) is 43.2 Å². The summed E-state index contributed by atoms with van der Waals surface area (Å²) in [6, 6.07) is 9.60. The lowest BCUT2D eigenvalue weighted by Gasteiger charge is -2.18. The van der Waals surface area contributed by atoms with Crippen LogP contribution in [0.1, 0.15) is 54.6 Å². The average molecular weight is 504 g/mol. The summed E-state index contributed by atoms with van der Waals surface area (Å²) in [5.41, 5.74) is 4.56. The second kappa shape index (κ2) is 10.2. The van der Waals surface area contributed by atoms with E-state index >= 15 is 0 Å². The van der Waals surface area contributed by atoms with Gasteiger partial charge in [-0.1, -0.05) is 19.3 Å². The Hall–Kier alpha value is -3.88. The van der Waals surface area contributed by atoms with Crippen LogP contribution in [0.5, 0.6) is 5.75 Å². The van der Waals surface area contributed by atoms with Gasteiger partial charge in [0, 0.05) is 32.4 Å². The standard InChI is InChI=1S/C28H33N5O4/c1-31-17-20-12-11-18-15-22(33(26(18)29-20)13-9-7-5-6-8-10-24(31)34)27-30-21-14-19(28(35)37-4)16-23(36-3)25(21)32(27)2/h11-12,14-16H,5-10,13,17H2,1-4H3. The van der Waals surface area contributed by atoms with E-state index < -0.39 is 5.97 Å². The van der Waals surface area contributed by atoms with Gasteiger partial charge in [0.1, 0.15) is 16.9 Å². The van der Waals surface area contributed by atoms with Crippen molar-refractivity contribution in [2.45, 2.75) is 51.6 Å². The van der Waals surface area contributed by atoms with E-state index in [-0.39, 0.29) is 5.91 Å². The van der Waals surface area contributed by atoms with Gasteiger partial charge in [-0.25, -0.2) is 14.8 Å². The smallest absolute Gasteiger partial charge is 0.338 e. The van der Waals surface area contributed by atoms with Crippen molar-refractivity contribution in [2.75, 3.05) is 21.3 Å². The number of esters is 1. The maximum atomic E-state index is 12.5. The number of carbonyl (C=O) groups is 2. The van der Waals surface area contributed by atoms with Crippen LogP contribution >= 0.6 is 0 Å². The van der Waals surface area contributed by atoms with Crippen molar-refractivity contribution in [1.82, 2.24) is 24.0 Å². The molecule has 0 saturated heterocycles. The van der Waals surface area contributed by atoms with Crippen molar-refractivity contribution in [3.05, 3.63) is 41.6 Å². The van der Waals surface area contributed by atoms with E-state index in [0.717, 1.165) is 72.4 Å². The lowest BCUT2D eigenvalue weighted by atomic mass is 10.1. The first-order valence-electron chi connectivity index (χ1n) is 12.8. The number of aryl methyl sites for hydroxylation is 2. The average Bonchev–Trinajstić information content (AvgIpc) is 3.43. The Labute approximate surface area is 216 Å². The number of aromatic nitrogens is 4. The molecule has 1 aliphatic heterocycles. The molecule has 1 aromatic carbocycles. The SMILES string of the molecule is COC(=O)c1cc(OC)c2c(c1)nc(-c1cc3ccc4nc3n1CCCCCCCC(=O)N(C)C4)n2C. The topological polar surface area (TPSA) is 91.5 Å². The second-order valence-corrected chi connectivity index (χ2v) is 9.70. The molecule has 2 bridgehead atoms. The monoisotopic (exact) mass is 503 g/mol. The number of rotatable bonds is 3. The molecule has 9 heteroatoms. The van der Waals surface area contributed by atoms with Gasteiger partial charge in [-0.3, -0.25) is 4.79 Å². The minimum atomic E-state index is -0.435. The Morgan fingerprint density at radius 2 is 1.76 bits per heavy atom. The number of nitrogens with zero attached hydrogens (tertiary/aromatic N) is 5. The Kier molecular flexibility index (Phi) is 6.86. The second-order valence-electron chi connectivity index (χ2n) is 9.70. The third-order valence-electron chi connectivity index (χ3n) is 7.20. The molecule has 0 unspecified atom stereocenters. The minimum absolute atomic E-state index is 0.162. The van der Waals surface area contributed by atoms with Gasteiger partial charge in [0.25, 0.3) is 0 Å². The minimum Gasteiger partial charge on any atom is -0.494 e. The Balaban J connectivity index is 1.66. The molecule has 0 aliphatic carbocycles. The Bertz CT molecular complexity index is 1490. The molecule has 194 valence electrons. The lowest BCUT2D eigenvalue weighted by molar-refractivity contribution is -0.130. The predicted molar refractivity (Wildman–Crippen MR) is 142 cm³/mol. The van der Waals surface area contributed by atoms with Crippen LogP contribution in [0.25, 0.3) is 33.6 Å². The van der Waals surface area contributed by atoms with E-state index in [1.807, 2.05) is 24.7 Å². The van der Waals surface area contributed by atoms with E-state index in [1.54, 1.807) is 24.1 Å². The molecule has 0 radical (unpaired) electrons. The largest absolute Gasteiger partial charge is 0.494 e. The summed E-state index contributed by atoms with van der Waals surface area (Å²) >= 11 is 0. The molecule has 1 aliphatic rings. The van der Waals surface area contributed by atoms with E-state index in [2.05, 4.69) is 16.7 Å². The van der Waals surface area contributed by atoms with E-state index in [4.69, 9.17) is 19.4 Å². The van der Waals surface area contributed by atoms with Gasteiger partial charge >= 0.3 is 5.97 Å². The van der Waals surface area contributed by atoms with Crippen molar-refractivity contribution in [2.24, 2.45) is 7.05 Å². The molecule has 0 atom stereocenters. The van der Waals surface area contributed by atoms with Gasteiger partial charge in [0.2, 0.25) is 5.91 Å². The number of amides is 1. The molecular weight excluding hydrogens is 470 g/mol. The van der Waals surface area contributed by atoms with Crippen molar-refractivity contribution in [3.8, 4) is 17.3 Å². The fourth-order valence-electron chi connectivity index (χ4n) is 5.20. The number of pyridine rings is 1. The normalized spacial score (nSPS) is 15.4. The fourth-order valence-corrected chi connectivity index (χ4v) is 5.20. The zero-order chi connectivity index (χ0) is 26.1. The number of carbonyl (C=O) groups excluding carboxylic acids is 2. The summed E-state index contributed by atoms with van der Waals surface area (Å²) in [6.45, 7) is 1.30. The van der Waals surface area contributed by atoms with E-state index in [0.29, 0.717) is 29.8 Å². The van der Waals surface area contributed by atoms with Crippen LogP contribution in [0.15, 0.2) is 30.3 Å². The third kappa shape index (κ3) is 4.65. The highest BCUT2D eigenvalue weighted by Crippen LogP contribution is 2.34. The predicted octanol–water partition coefficient (Wildman–Crippen LogP) is 4.70. The highest BCUT2D eigenvalue weighted by atomic mass is 16.5. The molecule has 37 heavy (non-hydrogen) atoms. The van der Waals surface area contributed by atoms with Crippen LogP contribution in [-0.2, 0) is 29.7 Å². The highest BCUT2D eigenvalue weighted by Gasteiger charge is 2.22. The summed E-state index contributed by atoms with van der Waals surface area (Å²) in [6.07, 6.45) is 5.77. The number of benzene rings is 1. The molecule has 9 nitrogen and oxygen atoms in total. The fraction of sp³-hybridized carbons (Fsp3) is 0.429. The van der Waals surface area contributed by atoms with E-state index in [1.165, 1.54) is 7.11 Å². The number of ether oxygens (including phenoxy) is 2. The van der Waals surface area contributed by atoms with Gasteiger partial charge in [-0.2, -0.15) is 0 Å². The van der Waals surface area contributed by atoms with Crippen LogP contribution in [0.3, 0.4) is 0 Å². The zero-order valence-electron chi connectivity index (χ0n) is 21.9. The first-order valence-corrected chi connectivity index (χ1v) is 12.8. The molecule has 0 fully saturated rings. The van der Waals surface area contributed by atoms with Crippen molar-refractivity contribution in [3.63, 3.8) is 0 Å². The third-order valence-corrected chi connectivity index (χ3v) is 7.20. The summed E-state index contributed by atoms with van der Waals surface area (Å²) in [4.78, 5) is 36.5. The van der Waals surface area contributed by atoms with Crippen molar-refractivity contribution in [1.29, 1.82) is 0 Å². The number of fused-ring (bicyclic) bond motifs is 2. The maximum absolute atomic E-state index is 12.5. The molecular formula is C28H33N5O4. The molecule has 5 rings (SSSR count). The summed E-state index contributed by atoms with van der Waals surface area (Å²) in [5, 5.41) is 1.02. The molecule has 0 spiro atoms. The van der Waals surface area contributed by atoms with Gasteiger partial charge in [0.15, 0.2) is 5.82 Å². The van der Waals surface area contributed by atoms with Crippen LogP contribution in [0, 0.1) is 0 Å². The quantitative estimate of drug-likeness (QED) is 0.377. The summed E-state index contributed by atoms with van der Waals surface area (Å²) < 4.78 is 14.8. The number of hydrogen-bond donors (Lipinski definition) is 0. The van der Waals surface area contributed by atoms with E-state index in [9.17, 15) is 9.59 Å². The highest BCUT2D eigenvalue weighted by molar-refractivity contribution is 5.97. The zero-order valence-corrected chi connectivity index (χ0v) is 21.9. The molecule has 4 heterocycles. The molecule has 0 saturated carbocycles. The first-order chi connectivity index (χ1) is 17.9. The lowest BCUT2D eigenvalue weighted by Crippen LogP contribution is -2.26. The van der Waals surface area contributed by atoms with Crippen LogP contribution in [0.2, 0.25) is 0 Å². The van der Waals surface area contributed by atoms with Crippen molar-refractivity contribution < 1.29 is 19.1 Å². The maximum Gasteiger partial charge on any atom is 0.338 e. The molecule has 1 amide bonds. The summed E-state index contributed by atoms with van der Waals surface area (Å²) in [7, 11) is 6.75. The van der Waals surface area contributed by atoms with Gasteiger partial charge < -0.3 is 23.5 Å². The van der Waals surface area contributed by atoms with Gasteiger partial charge in [-0.05, 0) is 43.2 Å². The van der Waals surface area contributed by atoms with Crippen LogP contribution in [-0.4, -0.2) is 57.1 Å². The summed E-state index contributed by atoms with van der Waals surface area (Å²) in [5.74, 6) is 1.05. The van der Waals surface area contributed by atoms with Crippen LogP contribution < -0.4 is 4.74 Å². The molecule has 4 aromatic rings. The van der Waals surface area contributed by atoms with Crippen LogP contribution in [0.4, 0.5) is 0 Å². The van der Waals surface area contributed by atoms with Crippen molar-refractivity contribution >= 4 is 33.9 Å². The number of methoxy groups -OCH3 is 2. The number of imidazole rings is 1.